The van der Waals surface area contributed by atoms with Crippen LogP contribution in [0.3, 0.4) is 0 Å². The summed E-state index contributed by atoms with van der Waals surface area (Å²) in [6, 6.07) is 13.0. The Morgan fingerprint density at radius 2 is 1.93 bits per heavy atom. The van der Waals surface area contributed by atoms with Crippen molar-refractivity contribution in [3.05, 3.63) is 65.5 Å². The molecule has 29 heavy (non-hydrogen) atoms. The maximum atomic E-state index is 9.81. The lowest BCUT2D eigenvalue weighted by atomic mass is 9.92. The number of aliphatic hydroxyl groups excluding tert-OH is 1. The quantitative estimate of drug-likeness (QED) is 0.715. The molecule has 3 heterocycles. The number of nitrogens with zero attached hydrogens (tertiary/aromatic N) is 4. The van der Waals surface area contributed by atoms with Crippen molar-refractivity contribution < 1.29 is 5.11 Å². The lowest BCUT2D eigenvalue weighted by molar-refractivity contribution is 0.254. The van der Waals surface area contributed by atoms with E-state index < -0.39 is 0 Å². The molecule has 6 heteroatoms. The number of thioether (sulfide) groups is 1. The molecule has 1 aliphatic heterocycles. The van der Waals surface area contributed by atoms with Crippen LogP contribution < -0.4 is 0 Å². The van der Waals surface area contributed by atoms with E-state index in [1.807, 2.05) is 24.0 Å². The summed E-state index contributed by atoms with van der Waals surface area (Å²) in [4.78, 5) is 4.41. The molecule has 1 N–H and O–H groups in total. The number of aromatic nitrogens is 4. The third-order valence-corrected chi connectivity index (χ3v) is 7.75. The number of pyridine rings is 1. The fourth-order valence-electron chi connectivity index (χ4n) is 4.45. The Kier molecular flexibility index (Phi) is 4.51. The molecule has 5 nitrogen and oxygen atoms in total. The largest absolute Gasteiger partial charge is 0.395 e. The highest BCUT2D eigenvalue weighted by Gasteiger charge is 2.50. The minimum atomic E-state index is -0.168. The van der Waals surface area contributed by atoms with Crippen molar-refractivity contribution in [2.24, 2.45) is 0 Å². The molecule has 0 saturated heterocycles. The van der Waals surface area contributed by atoms with E-state index in [4.69, 9.17) is 0 Å². The molecule has 2 aliphatic rings. The summed E-state index contributed by atoms with van der Waals surface area (Å²) in [5, 5.41) is 19.0. The van der Waals surface area contributed by atoms with Gasteiger partial charge in [-0.05, 0) is 43.9 Å². The van der Waals surface area contributed by atoms with Gasteiger partial charge in [-0.1, -0.05) is 30.3 Å². The van der Waals surface area contributed by atoms with Gasteiger partial charge in [0.25, 0.3) is 0 Å². The Hall–Kier alpha value is -2.18. The van der Waals surface area contributed by atoms with Crippen LogP contribution in [0.1, 0.15) is 42.7 Å². The molecule has 0 bridgehead atoms. The molecule has 5 rings (SSSR count). The standard InChI is InChI=1S/C23H26N4OS/c1-16-19(4-3-11-24-16)17-5-7-18(8-6-17)23(9-10-23)21-26-25-20-14-22(2,15-28)29-13-12-27(20)21/h3-8,11,28H,9-10,12-15H2,1-2H3. The lowest BCUT2D eigenvalue weighted by Crippen LogP contribution is -2.28. The van der Waals surface area contributed by atoms with E-state index in [2.05, 4.69) is 63.9 Å². The van der Waals surface area contributed by atoms with Crippen molar-refractivity contribution in [2.45, 2.75) is 49.8 Å². The molecule has 1 unspecified atom stereocenters. The van der Waals surface area contributed by atoms with Gasteiger partial charge in [-0.2, -0.15) is 11.8 Å². The van der Waals surface area contributed by atoms with E-state index in [1.165, 1.54) is 16.7 Å². The number of hydrogen-bond acceptors (Lipinski definition) is 5. The molecular weight excluding hydrogens is 380 g/mol. The number of benzene rings is 1. The first-order valence-corrected chi connectivity index (χ1v) is 11.2. The SMILES string of the molecule is Cc1ncccc1-c1ccc(C2(c3nnc4n3CCSC(C)(CO)C4)CC2)cc1. The number of aliphatic hydroxyl groups is 1. The number of hydrogen-bond donors (Lipinski definition) is 1. The van der Waals surface area contributed by atoms with Crippen molar-refractivity contribution in [1.29, 1.82) is 0 Å². The monoisotopic (exact) mass is 406 g/mol. The van der Waals surface area contributed by atoms with Gasteiger partial charge in [-0.25, -0.2) is 0 Å². The second-order valence-electron chi connectivity index (χ2n) is 8.52. The summed E-state index contributed by atoms with van der Waals surface area (Å²) >= 11 is 1.84. The summed E-state index contributed by atoms with van der Waals surface area (Å²) in [6.07, 6.45) is 4.82. The average Bonchev–Trinajstić information content (AvgIpc) is 3.48. The zero-order valence-electron chi connectivity index (χ0n) is 16.9. The van der Waals surface area contributed by atoms with Crippen LogP contribution in [0.4, 0.5) is 0 Å². The highest BCUT2D eigenvalue weighted by atomic mass is 32.2. The maximum absolute atomic E-state index is 9.81. The minimum absolute atomic E-state index is 0.0155. The molecule has 1 fully saturated rings. The van der Waals surface area contributed by atoms with Crippen LogP contribution in [0, 0.1) is 6.92 Å². The van der Waals surface area contributed by atoms with Gasteiger partial charge in [0.2, 0.25) is 0 Å². The first-order valence-electron chi connectivity index (χ1n) is 10.2. The molecule has 0 spiro atoms. The molecule has 2 aromatic heterocycles. The van der Waals surface area contributed by atoms with E-state index in [0.717, 1.165) is 48.9 Å². The van der Waals surface area contributed by atoms with E-state index in [-0.39, 0.29) is 16.8 Å². The molecule has 0 radical (unpaired) electrons. The number of fused-ring (bicyclic) bond motifs is 1. The van der Waals surface area contributed by atoms with E-state index in [0.29, 0.717) is 0 Å². The van der Waals surface area contributed by atoms with Gasteiger partial charge >= 0.3 is 0 Å². The van der Waals surface area contributed by atoms with Gasteiger partial charge in [-0.3, -0.25) is 4.98 Å². The lowest BCUT2D eigenvalue weighted by Gasteiger charge is -2.23. The Morgan fingerprint density at radius 1 is 1.14 bits per heavy atom. The topological polar surface area (TPSA) is 63.8 Å². The second kappa shape index (κ2) is 6.96. The molecule has 3 aromatic rings. The Balaban J connectivity index is 1.48. The number of rotatable bonds is 4. The van der Waals surface area contributed by atoms with Crippen LogP contribution in [0.15, 0.2) is 42.6 Å². The summed E-state index contributed by atoms with van der Waals surface area (Å²) < 4.78 is 2.15. The number of aryl methyl sites for hydroxylation is 1. The highest BCUT2D eigenvalue weighted by Crippen LogP contribution is 2.53. The zero-order valence-corrected chi connectivity index (χ0v) is 17.7. The molecule has 1 atom stereocenters. The van der Waals surface area contributed by atoms with Crippen LogP contribution in [-0.4, -0.2) is 42.0 Å². The Labute approximate surface area is 175 Å². The van der Waals surface area contributed by atoms with Crippen LogP contribution in [0.5, 0.6) is 0 Å². The molecule has 1 aliphatic carbocycles. The van der Waals surface area contributed by atoms with Crippen LogP contribution in [-0.2, 0) is 18.4 Å². The van der Waals surface area contributed by atoms with Crippen molar-refractivity contribution in [2.75, 3.05) is 12.4 Å². The predicted octanol–water partition coefficient (Wildman–Crippen LogP) is 3.77. The van der Waals surface area contributed by atoms with Crippen molar-refractivity contribution >= 4 is 11.8 Å². The van der Waals surface area contributed by atoms with Crippen molar-refractivity contribution in [1.82, 2.24) is 19.7 Å². The third kappa shape index (κ3) is 3.19. The summed E-state index contributed by atoms with van der Waals surface area (Å²) in [5.74, 6) is 3.08. The highest BCUT2D eigenvalue weighted by molar-refractivity contribution is 8.00. The van der Waals surface area contributed by atoms with Crippen LogP contribution >= 0.6 is 11.8 Å². The summed E-state index contributed by atoms with van der Waals surface area (Å²) in [7, 11) is 0. The molecule has 1 aromatic carbocycles. The van der Waals surface area contributed by atoms with Gasteiger partial charge in [0.05, 0.1) is 12.0 Å². The summed E-state index contributed by atoms with van der Waals surface area (Å²) in [6.45, 7) is 5.25. The van der Waals surface area contributed by atoms with Gasteiger partial charge < -0.3 is 9.67 Å². The van der Waals surface area contributed by atoms with E-state index in [9.17, 15) is 5.11 Å². The molecule has 150 valence electrons. The fraction of sp³-hybridized carbons (Fsp3) is 0.435. The average molecular weight is 407 g/mol. The second-order valence-corrected chi connectivity index (χ2v) is 10.2. The third-order valence-electron chi connectivity index (χ3n) is 6.39. The molecule has 0 amide bonds. The van der Waals surface area contributed by atoms with Gasteiger partial charge in [0.15, 0.2) is 0 Å². The Morgan fingerprint density at radius 3 is 2.62 bits per heavy atom. The predicted molar refractivity (Wildman–Crippen MR) is 116 cm³/mol. The van der Waals surface area contributed by atoms with Crippen molar-refractivity contribution in [3.63, 3.8) is 0 Å². The van der Waals surface area contributed by atoms with Crippen LogP contribution in [0.25, 0.3) is 11.1 Å². The van der Waals surface area contributed by atoms with Crippen LogP contribution in [0.2, 0.25) is 0 Å². The normalized spacial score (nSPS) is 22.7. The maximum Gasteiger partial charge on any atom is 0.143 e. The van der Waals surface area contributed by atoms with Gasteiger partial charge in [0, 0.05) is 40.9 Å². The van der Waals surface area contributed by atoms with E-state index in [1.54, 1.807) is 0 Å². The molecule has 1 saturated carbocycles. The zero-order chi connectivity index (χ0) is 20.1. The minimum Gasteiger partial charge on any atom is -0.395 e. The molecular formula is C23H26N4OS. The fourth-order valence-corrected chi connectivity index (χ4v) is 5.54. The first-order chi connectivity index (χ1) is 14.0. The summed E-state index contributed by atoms with van der Waals surface area (Å²) in [5.41, 5.74) is 4.73. The Bertz CT molecular complexity index is 1040. The smallest absolute Gasteiger partial charge is 0.143 e. The van der Waals surface area contributed by atoms with Crippen molar-refractivity contribution in [3.8, 4) is 11.1 Å². The van der Waals surface area contributed by atoms with Gasteiger partial charge in [0.1, 0.15) is 11.6 Å². The van der Waals surface area contributed by atoms with E-state index >= 15 is 0 Å². The first kappa shape index (κ1) is 18.8. The van der Waals surface area contributed by atoms with Gasteiger partial charge in [-0.15, -0.1) is 10.2 Å².